The summed E-state index contributed by atoms with van der Waals surface area (Å²) < 4.78 is 4.06. The number of halogens is 1. The lowest BCUT2D eigenvalue weighted by Gasteiger charge is -2.10. The highest BCUT2D eigenvalue weighted by Gasteiger charge is 2.30. The zero-order chi connectivity index (χ0) is 17.4. The van der Waals surface area contributed by atoms with Gasteiger partial charge in [-0.25, -0.2) is 0 Å². The lowest BCUT2D eigenvalue weighted by Crippen LogP contribution is -2.27. The molecule has 1 aromatic heterocycles. The first kappa shape index (κ1) is 17.7. The van der Waals surface area contributed by atoms with Crippen molar-refractivity contribution in [2.75, 3.05) is 6.54 Å². The Hall–Kier alpha value is -1.12. The molecule has 2 aromatic rings. The highest BCUT2D eigenvalue weighted by molar-refractivity contribution is 14.1. The number of rotatable bonds is 3. The van der Waals surface area contributed by atoms with E-state index in [1.165, 1.54) is 15.3 Å². The third-order valence-corrected chi connectivity index (χ3v) is 6.13. The number of aromatic nitrogens is 1. The molecule has 3 nitrogen and oxygen atoms in total. The first-order valence-electron chi connectivity index (χ1n) is 7.62. The largest absolute Gasteiger partial charge is 0.318 e. The van der Waals surface area contributed by atoms with E-state index in [0.29, 0.717) is 15.8 Å². The fourth-order valence-corrected chi connectivity index (χ4v) is 4.57. The van der Waals surface area contributed by atoms with Gasteiger partial charge in [0, 0.05) is 27.2 Å². The standard InChI is InChI=1S/C18H17IN2OS2/c1-4-20-17(22)16(24-18(20)23)10-13-9-11(2)21(12(13)3)15-7-5-14(19)6-8-15/h5-10H,4H2,1-3H3. The van der Waals surface area contributed by atoms with E-state index in [1.54, 1.807) is 4.90 Å². The average molecular weight is 468 g/mol. The van der Waals surface area contributed by atoms with Crippen molar-refractivity contribution in [3.05, 3.63) is 55.8 Å². The molecule has 0 radical (unpaired) electrons. The van der Waals surface area contributed by atoms with Crippen LogP contribution in [0.1, 0.15) is 23.9 Å². The van der Waals surface area contributed by atoms with Gasteiger partial charge in [-0.2, -0.15) is 0 Å². The van der Waals surface area contributed by atoms with E-state index < -0.39 is 0 Å². The molecule has 0 bridgehead atoms. The third kappa shape index (κ3) is 3.19. The number of carbonyl (C=O) groups excluding carboxylic acids is 1. The lowest BCUT2D eigenvalue weighted by atomic mass is 10.2. The molecule has 1 aliphatic rings. The number of carbonyl (C=O) groups is 1. The maximum Gasteiger partial charge on any atom is 0.266 e. The van der Waals surface area contributed by atoms with E-state index in [9.17, 15) is 4.79 Å². The number of hydrogen-bond donors (Lipinski definition) is 0. The summed E-state index contributed by atoms with van der Waals surface area (Å²) in [4.78, 5) is 14.7. The molecule has 0 saturated carbocycles. The second kappa shape index (κ2) is 7.01. The molecule has 1 amide bonds. The number of thioether (sulfide) groups is 1. The fourth-order valence-electron chi connectivity index (χ4n) is 2.84. The second-order valence-corrected chi connectivity index (χ2v) is 8.49. The summed E-state index contributed by atoms with van der Waals surface area (Å²) in [6.07, 6.45) is 1.96. The van der Waals surface area contributed by atoms with E-state index >= 15 is 0 Å². The van der Waals surface area contributed by atoms with Crippen molar-refractivity contribution >= 4 is 62.9 Å². The SMILES string of the molecule is CCN1C(=O)C(=Cc2cc(C)n(-c3ccc(I)cc3)c2C)SC1=S. The van der Waals surface area contributed by atoms with Crippen LogP contribution in [0.4, 0.5) is 0 Å². The number of thiocarbonyl (C=S) groups is 1. The van der Waals surface area contributed by atoms with Gasteiger partial charge < -0.3 is 4.57 Å². The van der Waals surface area contributed by atoms with Gasteiger partial charge in [-0.1, -0.05) is 24.0 Å². The van der Waals surface area contributed by atoms with Crippen LogP contribution >= 0.6 is 46.6 Å². The molecule has 0 N–H and O–H groups in total. The maximum absolute atomic E-state index is 12.4. The number of aryl methyl sites for hydroxylation is 1. The molecule has 1 fully saturated rings. The normalized spacial score (nSPS) is 16.5. The van der Waals surface area contributed by atoms with Crippen molar-refractivity contribution in [2.24, 2.45) is 0 Å². The number of benzene rings is 1. The van der Waals surface area contributed by atoms with Crippen molar-refractivity contribution in [1.29, 1.82) is 0 Å². The molecular weight excluding hydrogens is 451 g/mol. The summed E-state index contributed by atoms with van der Waals surface area (Å²) in [5.74, 6) is 0.00608. The fraction of sp³-hybridized carbons (Fsp3) is 0.222. The van der Waals surface area contributed by atoms with E-state index in [0.717, 1.165) is 22.6 Å². The van der Waals surface area contributed by atoms with Gasteiger partial charge in [0.15, 0.2) is 0 Å². The van der Waals surface area contributed by atoms with Crippen LogP contribution in [0.5, 0.6) is 0 Å². The van der Waals surface area contributed by atoms with Crippen LogP contribution in [0.15, 0.2) is 35.2 Å². The minimum Gasteiger partial charge on any atom is -0.318 e. The van der Waals surface area contributed by atoms with Gasteiger partial charge in [0.1, 0.15) is 4.32 Å². The first-order chi connectivity index (χ1) is 11.4. The molecule has 1 aromatic carbocycles. The molecule has 6 heteroatoms. The predicted molar refractivity (Wildman–Crippen MR) is 114 cm³/mol. The Morgan fingerprint density at radius 1 is 1.25 bits per heavy atom. The molecule has 0 spiro atoms. The van der Waals surface area contributed by atoms with Crippen molar-refractivity contribution < 1.29 is 4.79 Å². The highest BCUT2D eigenvalue weighted by Crippen LogP contribution is 2.33. The molecule has 0 aliphatic carbocycles. The zero-order valence-corrected chi connectivity index (χ0v) is 17.5. The Kier molecular flexibility index (Phi) is 5.17. The average Bonchev–Trinajstić information content (AvgIpc) is 2.97. The van der Waals surface area contributed by atoms with Gasteiger partial charge >= 0.3 is 0 Å². The summed E-state index contributed by atoms with van der Waals surface area (Å²) in [5.41, 5.74) is 4.45. The molecule has 3 rings (SSSR count). The highest BCUT2D eigenvalue weighted by atomic mass is 127. The Morgan fingerprint density at radius 3 is 2.50 bits per heavy atom. The van der Waals surface area contributed by atoms with Crippen LogP contribution in [0.25, 0.3) is 11.8 Å². The molecular formula is C18H17IN2OS2. The molecule has 0 unspecified atom stereocenters. The minimum absolute atomic E-state index is 0.00608. The maximum atomic E-state index is 12.4. The Labute approximate surface area is 165 Å². The van der Waals surface area contributed by atoms with Crippen LogP contribution in [-0.2, 0) is 4.79 Å². The quantitative estimate of drug-likeness (QED) is 0.363. The topological polar surface area (TPSA) is 25.2 Å². The predicted octanol–water partition coefficient (Wildman–Crippen LogP) is 4.92. The van der Waals surface area contributed by atoms with E-state index in [4.69, 9.17) is 12.2 Å². The molecule has 1 aliphatic heterocycles. The van der Waals surface area contributed by atoms with E-state index in [1.807, 2.05) is 13.0 Å². The summed E-state index contributed by atoms with van der Waals surface area (Å²) in [5, 5.41) is 0. The van der Waals surface area contributed by atoms with Crippen LogP contribution in [0, 0.1) is 17.4 Å². The van der Waals surface area contributed by atoms with E-state index in [-0.39, 0.29) is 5.91 Å². The number of hydrogen-bond acceptors (Lipinski definition) is 3. The van der Waals surface area contributed by atoms with Gasteiger partial charge in [-0.3, -0.25) is 9.69 Å². The summed E-state index contributed by atoms with van der Waals surface area (Å²) in [7, 11) is 0. The van der Waals surface area contributed by atoms with Crippen molar-refractivity contribution in [3.8, 4) is 5.69 Å². The second-order valence-electron chi connectivity index (χ2n) is 5.56. The van der Waals surface area contributed by atoms with Gasteiger partial charge in [0.05, 0.1) is 4.91 Å². The molecule has 0 atom stereocenters. The monoisotopic (exact) mass is 468 g/mol. The Bertz CT molecular complexity index is 853. The summed E-state index contributed by atoms with van der Waals surface area (Å²) in [6, 6.07) is 10.5. The van der Waals surface area contributed by atoms with Crippen LogP contribution in [-0.4, -0.2) is 26.2 Å². The van der Waals surface area contributed by atoms with Gasteiger partial charge in [-0.05, 0) is 85.3 Å². The first-order valence-corrected chi connectivity index (χ1v) is 9.93. The smallest absolute Gasteiger partial charge is 0.266 e. The zero-order valence-electron chi connectivity index (χ0n) is 13.7. The number of likely N-dealkylation sites (N-methyl/N-ethyl adjacent to an activating group) is 1. The Balaban J connectivity index is 2.01. The van der Waals surface area contributed by atoms with Gasteiger partial charge in [0.25, 0.3) is 5.91 Å². The molecule has 1 saturated heterocycles. The molecule has 24 heavy (non-hydrogen) atoms. The van der Waals surface area contributed by atoms with Crippen LogP contribution in [0.2, 0.25) is 0 Å². The summed E-state index contributed by atoms with van der Waals surface area (Å²) >= 11 is 8.97. The Morgan fingerprint density at radius 2 is 1.92 bits per heavy atom. The number of amides is 1. The van der Waals surface area contributed by atoms with Crippen LogP contribution in [0.3, 0.4) is 0 Å². The van der Waals surface area contributed by atoms with Crippen LogP contribution < -0.4 is 0 Å². The third-order valence-electron chi connectivity index (χ3n) is 4.03. The van der Waals surface area contributed by atoms with Crippen molar-refractivity contribution in [3.63, 3.8) is 0 Å². The molecule has 124 valence electrons. The molecule has 2 heterocycles. The lowest BCUT2D eigenvalue weighted by molar-refractivity contribution is -0.121. The van der Waals surface area contributed by atoms with Gasteiger partial charge in [-0.15, -0.1) is 0 Å². The minimum atomic E-state index is 0.00608. The van der Waals surface area contributed by atoms with Crippen molar-refractivity contribution in [2.45, 2.75) is 20.8 Å². The number of nitrogens with zero attached hydrogens (tertiary/aromatic N) is 2. The van der Waals surface area contributed by atoms with E-state index in [2.05, 4.69) is 71.3 Å². The van der Waals surface area contributed by atoms with Crippen molar-refractivity contribution in [1.82, 2.24) is 9.47 Å². The van der Waals surface area contributed by atoms with Gasteiger partial charge in [0.2, 0.25) is 0 Å². The summed E-state index contributed by atoms with van der Waals surface area (Å²) in [6.45, 7) is 6.72.